The average Bonchev–Trinajstić information content (AvgIpc) is 2.50. The minimum atomic E-state index is -0.268. The molecule has 1 rings (SSSR count). The summed E-state index contributed by atoms with van der Waals surface area (Å²) in [6.45, 7) is 9.64. The molecule has 1 aliphatic carbocycles. The maximum Gasteiger partial charge on any atom is 0.339 e. The van der Waals surface area contributed by atoms with Crippen molar-refractivity contribution >= 4 is 17.8 Å². The fraction of sp³-hybridized carbons (Fsp3) is 0.350. The molecule has 0 aliphatic heterocycles. The molecule has 0 fully saturated rings. The third kappa shape index (κ3) is 4.97. The molecule has 0 saturated carbocycles. The first kappa shape index (κ1) is 19.5. The second kappa shape index (κ2) is 8.32. The van der Waals surface area contributed by atoms with Crippen molar-refractivity contribution in [3.05, 3.63) is 64.3 Å². The Balaban J connectivity index is 3.05. The smallest absolute Gasteiger partial charge is 0.339 e. The van der Waals surface area contributed by atoms with Crippen molar-refractivity contribution in [1.29, 1.82) is 0 Å². The monoisotopic (exact) mass is 324 g/mol. The van der Waals surface area contributed by atoms with E-state index >= 15 is 0 Å². The summed E-state index contributed by atoms with van der Waals surface area (Å²) in [5.74, 6) is -0.201. The predicted molar refractivity (Wildman–Crippen MR) is 96.6 cm³/mol. The average molecular weight is 324 g/mol. The van der Waals surface area contributed by atoms with Crippen molar-refractivity contribution in [2.75, 3.05) is 0 Å². The molecule has 0 aromatic carbocycles. The Labute approximate surface area is 143 Å². The Kier molecular flexibility index (Phi) is 6.75. The summed E-state index contributed by atoms with van der Waals surface area (Å²) >= 11 is 0. The van der Waals surface area contributed by atoms with Crippen LogP contribution in [0.5, 0.6) is 0 Å². The van der Waals surface area contributed by atoms with Crippen LogP contribution in [0.25, 0.3) is 5.53 Å². The first-order valence-electron chi connectivity index (χ1n) is 7.85. The molecule has 126 valence electrons. The first-order chi connectivity index (χ1) is 11.2. The molecule has 24 heavy (non-hydrogen) atoms. The maximum absolute atomic E-state index is 12.2. The van der Waals surface area contributed by atoms with Crippen molar-refractivity contribution in [2.45, 2.75) is 41.0 Å². The third-order valence-electron chi connectivity index (χ3n) is 4.03. The number of carbonyl (C=O) groups is 2. The fourth-order valence-electron chi connectivity index (χ4n) is 2.66. The van der Waals surface area contributed by atoms with Gasteiger partial charge in [0.15, 0.2) is 0 Å². The second-order valence-corrected chi connectivity index (χ2v) is 6.63. The number of rotatable bonds is 5. The highest BCUT2D eigenvalue weighted by Gasteiger charge is 2.39. The molecule has 0 saturated heterocycles. The summed E-state index contributed by atoms with van der Waals surface area (Å²) in [6.07, 6.45) is 12.3. The minimum Gasteiger partial charge on any atom is -0.361 e. The number of aldehydes is 1. The van der Waals surface area contributed by atoms with Crippen LogP contribution in [0, 0.1) is 5.41 Å². The predicted octanol–water partition coefficient (Wildman–Crippen LogP) is 4.18. The topological polar surface area (TPSA) is 70.5 Å². The zero-order chi connectivity index (χ0) is 18.3. The van der Waals surface area contributed by atoms with E-state index in [1.165, 1.54) is 6.08 Å². The van der Waals surface area contributed by atoms with Gasteiger partial charge in [-0.25, -0.2) is 0 Å². The molecular formula is C20H24N2O2. The lowest BCUT2D eigenvalue weighted by Crippen LogP contribution is -2.33. The Morgan fingerprint density at radius 1 is 1.17 bits per heavy atom. The fourth-order valence-corrected chi connectivity index (χ4v) is 2.66. The van der Waals surface area contributed by atoms with Crippen molar-refractivity contribution in [2.24, 2.45) is 5.41 Å². The van der Waals surface area contributed by atoms with Crippen LogP contribution in [0.3, 0.4) is 0 Å². The van der Waals surface area contributed by atoms with Crippen molar-refractivity contribution < 1.29 is 14.4 Å². The Bertz CT molecular complexity index is 738. The SMILES string of the molecule is CC1=C(/C=C/C(C)=C/C=C\C(C)=C\C=O)C(C)(C)CC(=[N+]=[N-])C1=O. The van der Waals surface area contributed by atoms with Gasteiger partial charge in [0, 0.05) is 11.0 Å². The standard InChI is InChI=1S/C20H24N2O2/c1-14(7-6-8-15(2)11-12-23)9-10-17-16(3)19(24)18(22-21)13-20(17,4)5/h6-12H,13H2,1-5H3/b8-6-,10-9+,14-7+,15-11+. The van der Waals surface area contributed by atoms with Gasteiger partial charge in [-0.15, -0.1) is 0 Å². The lowest BCUT2D eigenvalue weighted by Gasteiger charge is -2.29. The normalized spacial score (nSPS) is 19.4. The van der Waals surface area contributed by atoms with E-state index in [0.717, 1.165) is 23.0 Å². The summed E-state index contributed by atoms with van der Waals surface area (Å²) in [5, 5.41) is 0. The van der Waals surface area contributed by atoms with Crippen LogP contribution < -0.4 is 0 Å². The van der Waals surface area contributed by atoms with Crippen LogP contribution >= 0.6 is 0 Å². The van der Waals surface area contributed by atoms with Gasteiger partial charge in [-0.2, -0.15) is 4.79 Å². The molecule has 1 aliphatic rings. The van der Waals surface area contributed by atoms with Crippen LogP contribution in [-0.4, -0.2) is 22.6 Å². The van der Waals surface area contributed by atoms with E-state index in [1.54, 1.807) is 6.92 Å². The molecule has 0 radical (unpaired) electrons. The summed E-state index contributed by atoms with van der Waals surface area (Å²) in [5.41, 5.74) is 12.4. The summed E-state index contributed by atoms with van der Waals surface area (Å²) in [7, 11) is 0. The highest BCUT2D eigenvalue weighted by molar-refractivity contribution is 6.44. The van der Waals surface area contributed by atoms with Gasteiger partial charge in [-0.3, -0.25) is 9.59 Å². The lowest BCUT2D eigenvalue weighted by molar-refractivity contribution is -0.115. The largest absolute Gasteiger partial charge is 0.361 e. The Morgan fingerprint density at radius 3 is 2.38 bits per heavy atom. The van der Waals surface area contributed by atoms with E-state index in [-0.39, 0.29) is 16.9 Å². The quantitative estimate of drug-likeness (QED) is 0.250. The van der Waals surface area contributed by atoms with Gasteiger partial charge >= 0.3 is 5.71 Å². The van der Waals surface area contributed by atoms with Crippen molar-refractivity contribution in [1.82, 2.24) is 0 Å². The highest BCUT2D eigenvalue weighted by Crippen LogP contribution is 2.38. The number of carbonyl (C=O) groups excluding carboxylic acids is 2. The third-order valence-corrected chi connectivity index (χ3v) is 4.03. The van der Waals surface area contributed by atoms with Crippen molar-refractivity contribution in [3.8, 4) is 0 Å². The van der Waals surface area contributed by atoms with Crippen LogP contribution in [0.4, 0.5) is 0 Å². The van der Waals surface area contributed by atoms with Crippen LogP contribution in [0.15, 0.2) is 58.7 Å². The second-order valence-electron chi connectivity index (χ2n) is 6.63. The maximum atomic E-state index is 12.2. The van der Waals surface area contributed by atoms with E-state index in [4.69, 9.17) is 5.53 Å². The number of hydrogen-bond acceptors (Lipinski definition) is 2. The minimum absolute atomic E-state index is 0.201. The highest BCUT2D eigenvalue weighted by atomic mass is 16.1. The molecule has 0 bridgehead atoms. The van der Waals surface area contributed by atoms with Gasteiger partial charge in [0.25, 0.3) is 5.78 Å². The lowest BCUT2D eigenvalue weighted by atomic mass is 9.71. The van der Waals surface area contributed by atoms with Gasteiger partial charge in [-0.1, -0.05) is 49.8 Å². The number of hydrogen-bond donors (Lipinski definition) is 0. The van der Waals surface area contributed by atoms with Crippen molar-refractivity contribution in [3.63, 3.8) is 0 Å². The molecule has 0 N–H and O–H groups in total. The Hall–Kier alpha value is -2.58. The number of allylic oxidation sites excluding steroid dienone is 10. The Morgan fingerprint density at radius 2 is 1.79 bits per heavy atom. The first-order valence-corrected chi connectivity index (χ1v) is 7.85. The number of nitrogens with zero attached hydrogens (tertiary/aromatic N) is 2. The van der Waals surface area contributed by atoms with E-state index in [0.29, 0.717) is 12.0 Å². The molecule has 0 unspecified atom stereocenters. The zero-order valence-corrected chi connectivity index (χ0v) is 15.0. The van der Waals surface area contributed by atoms with E-state index in [1.807, 2.05) is 58.1 Å². The molecule has 0 heterocycles. The van der Waals surface area contributed by atoms with Gasteiger partial charge in [0.05, 0.1) is 6.42 Å². The summed E-state index contributed by atoms with van der Waals surface area (Å²) in [6, 6.07) is 0. The molecule has 4 heteroatoms. The zero-order valence-electron chi connectivity index (χ0n) is 15.0. The van der Waals surface area contributed by atoms with Gasteiger partial charge < -0.3 is 5.53 Å². The molecule has 4 nitrogen and oxygen atoms in total. The van der Waals surface area contributed by atoms with Gasteiger partial charge in [0.2, 0.25) is 0 Å². The molecule has 0 amide bonds. The molecule has 0 aromatic heterocycles. The summed E-state index contributed by atoms with van der Waals surface area (Å²) in [4.78, 5) is 25.7. The van der Waals surface area contributed by atoms with E-state index in [9.17, 15) is 9.59 Å². The molecule has 0 aromatic rings. The molecule has 0 spiro atoms. The van der Waals surface area contributed by atoms with Crippen LogP contribution in [0.2, 0.25) is 0 Å². The van der Waals surface area contributed by atoms with Crippen LogP contribution in [0.1, 0.15) is 41.0 Å². The number of Topliss-reactive ketones (excluding diaryl/α,β-unsaturated/α-hetero) is 1. The van der Waals surface area contributed by atoms with E-state index < -0.39 is 0 Å². The molecule has 0 atom stereocenters. The summed E-state index contributed by atoms with van der Waals surface area (Å²) < 4.78 is 0. The van der Waals surface area contributed by atoms with Crippen LogP contribution in [-0.2, 0) is 9.59 Å². The van der Waals surface area contributed by atoms with Gasteiger partial charge in [0.1, 0.15) is 6.29 Å². The number of ketones is 1. The van der Waals surface area contributed by atoms with Gasteiger partial charge in [-0.05, 0) is 38.0 Å². The molecular weight excluding hydrogens is 300 g/mol. The van der Waals surface area contributed by atoms with E-state index in [2.05, 4.69) is 4.79 Å².